The standard InChI is InChI=1S/C19H21FO3S/c20-15-11-16(21)18(12-5-2-1-3-6-12)14(15)8-4-7-13-9-10-17(24-13)19(22)23/h1-3,5-6,9-10,14-16,18,21H,4,7-8,11H2,(H,22,23)/t14-,15+,16+,18+/m0/s1. The minimum absolute atomic E-state index is 0.154. The molecule has 0 unspecified atom stereocenters. The van der Waals surface area contributed by atoms with Crippen molar-refractivity contribution in [2.75, 3.05) is 0 Å². The Kier molecular flexibility index (Phi) is 5.31. The fourth-order valence-electron chi connectivity index (χ4n) is 3.71. The van der Waals surface area contributed by atoms with Crippen LogP contribution in [0, 0.1) is 5.92 Å². The summed E-state index contributed by atoms with van der Waals surface area (Å²) >= 11 is 1.28. The number of rotatable bonds is 6. The largest absolute Gasteiger partial charge is 0.477 e. The van der Waals surface area contributed by atoms with Gasteiger partial charge in [0, 0.05) is 17.2 Å². The fraction of sp³-hybridized carbons (Fsp3) is 0.421. The van der Waals surface area contributed by atoms with E-state index < -0.39 is 18.2 Å². The van der Waals surface area contributed by atoms with Crippen LogP contribution in [-0.4, -0.2) is 28.5 Å². The van der Waals surface area contributed by atoms with Crippen molar-refractivity contribution in [3.63, 3.8) is 0 Å². The molecule has 0 aliphatic heterocycles. The lowest BCUT2D eigenvalue weighted by Crippen LogP contribution is -2.19. The number of aliphatic hydroxyl groups is 1. The van der Waals surface area contributed by atoms with Crippen LogP contribution in [-0.2, 0) is 6.42 Å². The summed E-state index contributed by atoms with van der Waals surface area (Å²) in [5.74, 6) is -1.24. The molecule has 5 heteroatoms. The number of carboxylic acids is 1. The van der Waals surface area contributed by atoms with E-state index in [4.69, 9.17) is 5.11 Å². The van der Waals surface area contributed by atoms with Crippen LogP contribution < -0.4 is 0 Å². The predicted octanol–water partition coefficient (Wildman–Crippen LogP) is 4.27. The minimum Gasteiger partial charge on any atom is -0.477 e. The third-order valence-electron chi connectivity index (χ3n) is 4.82. The predicted molar refractivity (Wildman–Crippen MR) is 92.4 cm³/mol. The van der Waals surface area contributed by atoms with Crippen molar-refractivity contribution >= 4 is 17.3 Å². The Balaban J connectivity index is 1.62. The summed E-state index contributed by atoms with van der Waals surface area (Å²) in [4.78, 5) is 12.3. The first-order chi connectivity index (χ1) is 11.6. The van der Waals surface area contributed by atoms with Gasteiger partial charge in [-0.15, -0.1) is 11.3 Å². The fourth-order valence-corrected chi connectivity index (χ4v) is 4.59. The Morgan fingerprint density at radius 2 is 1.96 bits per heavy atom. The van der Waals surface area contributed by atoms with E-state index in [-0.39, 0.29) is 18.3 Å². The molecule has 1 aromatic heterocycles. The molecule has 1 aliphatic rings. The number of hydrogen-bond donors (Lipinski definition) is 2. The molecule has 2 N–H and O–H groups in total. The molecule has 0 spiro atoms. The molecule has 0 amide bonds. The molecule has 0 radical (unpaired) electrons. The Morgan fingerprint density at radius 3 is 2.62 bits per heavy atom. The Labute approximate surface area is 144 Å². The molecule has 24 heavy (non-hydrogen) atoms. The maximum atomic E-state index is 14.4. The molecule has 3 nitrogen and oxygen atoms in total. The average molecular weight is 348 g/mol. The van der Waals surface area contributed by atoms with Gasteiger partial charge in [0.25, 0.3) is 0 Å². The molecule has 1 fully saturated rings. The van der Waals surface area contributed by atoms with E-state index in [1.807, 2.05) is 36.4 Å². The van der Waals surface area contributed by atoms with E-state index in [2.05, 4.69) is 0 Å². The highest BCUT2D eigenvalue weighted by molar-refractivity contribution is 7.13. The van der Waals surface area contributed by atoms with Crippen molar-refractivity contribution < 1.29 is 19.4 Å². The Morgan fingerprint density at radius 1 is 1.21 bits per heavy atom. The van der Waals surface area contributed by atoms with Gasteiger partial charge in [-0.05, 0) is 42.9 Å². The van der Waals surface area contributed by atoms with Gasteiger partial charge >= 0.3 is 5.97 Å². The van der Waals surface area contributed by atoms with Gasteiger partial charge in [0.1, 0.15) is 11.0 Å². The molecule has 1 aliphatic carbocycles. The number of thiophene rings is 1. The van der Waals surface area contributed by atoms with E-state index in [9.17, 15) is 14.3 Å². The summed E-state index contributed by atoms with van der Waals surface area (Å²) in [7, 11) is 0. The molecule has 1 aromatic carbocycles. The van der Waals surface area contributed by atoms with E-state index in [0.717, 1.165) is 23.3 Å². The normalized spacial score (nSPS) is 26.6. The third kappa shape index (κ3) is 3.68. The quantitative estimate of drug-likeness (QED) is 0.819. The summed E-state index contributed by atoms with van der Waals surface area (Å²) in [6.45, 7) is 0. The molecular formula is C19H21FO3S. The van der Waals surface area contributed by atoms with Crippen LogP contribution in [0.5, 0.6) is 0 Å². The van der Waals surface area contributed by atoms with E-state index >= 15 is 0 Å². The number of aliphatic hydroxyl groups excluding tert-OH is 1. The smallest absolute Gasteiger partial charge is 0.345 e. The highest BCUT2D eigenvalue weighted by Crippen LogP contribution is 2.44. The zero-order chi connectivity index (χ0) is 17.1. The number of carboxylic acid groups (broad SMARTS) is 1. The van der Waals surface area contributed by atoms with Crippen LogP contribution in [0.25, 0.3) is 0 Å². The maximum Gasteiger partial charge on any atom is 0.345 e. The molecular weight excluding hydrogens is 327 g/mol. The maximum absolute atomic E-state index is 14.4. The third-order valence-corrected chi connectivity index (χ3v) is 5.96. The van der Waals surface area contributed by atoms with Gasteiger partial charge in [0.2, 0.25) is 0 Å². The van der Waals surface area contributed by atoms with Gasteiger partial charge in [-0.3, -0.25) is 0 Å². The number of halogens is 1. The monoisotopic (exact) mass is 348 g/mol. The van der Waals surface area contributed by atoms with Gasteiger partial charge in [-0.1, -0.05) is 30.3 Å². The second-order valence-corrected chi connectivity index (χ2v) is 7.55. The molecule has 0 saturated heterocycles. The first-order valence-corrected chi connectivity index (χ1v) is 9.07. The summed E-state index contributed by atoms with van der Waals surface area (Å²) in [6.07, 6.45) is 0.820. The first-order valence-electron chi connectivity index (χ1n) is 8.25. The SMILES string of the molecule is O=C(O)c1ccc(CCC[C@@H]2[C@@H](c3ccccc3)[C@H](O)C[C@H]2F)s1. The highest BCUT2D eigenvalue weighted by Gasteiger charge is 2.43. The average Bonchev–Trinajstić information content (AvgIpc) is 3.13. The Hall–Kier alpha value is -1.72. The van der Waals surface area contributed by atoms with E-state index in [1.54, 1.807) is 6.07 Å². The molecule has 128 valence electrons. The van der Waals surface area contributed by atoms with Gasteiger partial charge in [0.15, 0.2) is 0 Å². The lowest BCUT2D eigenvalue weighted by Gasteiger charge is -2.23. The molecule has 0 bridgehead atoms. The van der Waals surface area contributed by atoms with Crippen molar-refractivity contribution in [1.29, 1.82) is 0 Å². The second kappa shape index (κ2) is 7.45. The van der Waals surface area contributed by atoms with Crippen LogP contribution in [0.2, 0.25) is 0 Å². The molecule has 1 saturated carbocycles. The number of aromatic carboxylic acids is 1. The number of carbonyl (C=O) groups is 1. The summed E-state index contributed by atoms with van der Waals surface area (Å²) in [6, 6.07) is 13.1. The van der Waals surface area contributed by atoms with E-state index in [0.29, 0.717) is 11.3 Å². The second-order valence-electron chi connectivity index (χ2n) is 6.38. The lowest BCUT2D eigenvalue weighted by atomic mass is 9.84. The van der Waals surface area contributed by atoms with Crippen LogP contribution >= 0.6 is 11.3 Å². The summed E-state index contributed by atoms with van der Waals surface area (Å²) in [5, 5.41) is 19.2. The van der Waals surface area contributed by atoms with Gasteiger partial charge < -0.3 is 10.2 Å². The van der Waals surface area contributed by atoms with Crippen molar-refractivity contribution in [1.82, 2.24) is 0 Å². The van der Waals surface area contributed by atoms with Crippen LogP contribution in [0.4, 0.5) is 4.39 Å². The molecule has 1 heterocycles. The highest BCUT2D eigenvalue weighted by atomic mass is 32.1. The molecule has 3 rings (SSSR count). The van der Waals surface area contributed by atoms with Crippen molar-refractivity contribution in [2.24, 2.45) is 5.92 Å². The van der Waals surface area contributed by atoms with Crippen LogP contribution in [0.15, 0.2) is 42.5 Å². The Bertz CT molecular complexity index is 685. The van der Waals surface area contributed by atoms with Crippen LogP contribution in [0.1, 0.15) is 45.3 Å². The van der Waals surface area contributed by atoms with Gasteiger partial charge in [-0.2, -0.15) is 0 Å². The molecule has 4 atom stereocenters. The van der Waals surface area contributed by atoms with Gasteiger partial charge in [-0.25, -0.2) is 9.18 Å². The number of benzene rings is 1. The van der Waals surface area contributed by atoms with Crippen molar-refractivity contribution in [3.8, 4) is 0 Å². The first kappa shape index (κ1) is 17.1. The number of hydrogen-bond acceptors (Lipinski definition) is 3. The van der Waals surface area contributed by atoms with Gasteiger partial charge in [0.05, 0.1) is 6.10 Å². The lowest BCUT2D eigenvalue weighted by molar-refractivity contribution is 0.0702. The molecule has 2 aromatic rings. The van der Waals surface area contributed by atoms with Crippen molar-refractivity contribution in [3.05, 3.63) is 57.8 Å². The van der Waals surface area contributed by atoms with E-state index in [1.165, 1.54) is 11.3 Å². The minimum atomic E-state index is -0.983. The number of aryl methyl sites for hydroxylation is 1. The van der Waals surface area contributed by atoms with Crippen LogP contribution in [0.3, 0.4) is 0 Å². The zero-order valence-electron chi connectivity index (χ0n) is 13.3. The summed E-state index contributed by atoms with van der Waals surface area (Å²) in [5.41, 5.74) is 0.999. The zero-order valence-corrected chi connectivity index (χ0v) is 14.1. The van der Waals surface area contributed by atoms with Crippen molar-refractivity contribution in [2.45, 2.75) is 43.9 Å². The topological polar surface area (TPSA) is 57.5 Å². The summed E-state index contributed by atoms with van der Waals surface area (Å²) < 4.78 is 14.4. The number of alkyl halides is 1.